The Morgan fingerprint density at radius 1 is 1.13 bits per heavy atom. The normalized spacial score (nSPS) is 25.7. The fourth-order valence-electron chi connectivity index (χ4n) is 5.12. The van der Waals surface area contributed by atoms with Crippen LogP contribution >= 0.6 is 12.2 Å². The summed E-state index contributed by atoms with van der Waals surface area (Å²) in [5, 5.41) is 1.25. The molecule has 0 N–H and O–H groups in total. The first kappa shape index (κ1) is 20.2. The van der Waals surface area contributed by atoms with Crippen molar-refractivity contribution in [1.29, 1.82) is 0 Å². The lowest BCUT2D eigenvalue weighted by atomic mass is 9.73. The molecule has 1 aromatic heterocycles. The minimum absolute atomic E-state index is 0.153. The zero-order valence-corrected chi connectivity index (χ0v) is 18.2. The maximum Gasteiger partial charge on any atom is 0.358 e. The second kappa shape index (κ2) is 8.77. The Balaban J connectivity index is 1.48. The molecule has 2 aromatic carbocycles. The maximum atomic E-state index is 6.42. The van der Waals surface area contributed by atoms with Crippen LogP contribution in [0.2, 0.25) is 0 Å². The Labute approximate surface area is 188 Å². The molecule has 3 aliphatic rings. The molecule has 31 heavy (non-hydrogen) atoms. The van der Waals surface area contributed by atoms with E-state index < -0.39 is 0 Å². The summed E-state index contributed by atoms with van der Waals surface area (Å²) in [6.45, 7) is 6.16. The van der Waals surface area contributed by atoms with Crippen molar-refractivity contribution < 1.29 is 9.47 Å². The van der Waals surface area contributed by atoms with Crippen molar-refractivity contribution in [3.8, 4) is 5.75 Å². The Hall–Kier alpha value is -2.76. The number of rotatable bonds is 5. The third-order valence-electron chi connectivity index (χ3n) is 6.66. The van der Waals surface area contributed by atoms with Crippen molar-refractivity contribution in [2.75, 3.05) is 13.1 Å². The van der Waals surface area contributed by atoms with Crippen LogP contribution < -0.4 is 4.74 Å². The molecule has 3 aromatic rings. The van der Waals surface area contributed by atoms with Crippen LogP contribution in [0.5, 0.6) is 5.75 Å². The molecule has 0 spiro atoms. The lowest BCUT2D eigenvalue weighted by Gasteiger charge is -2.51. The lowest BCUT2D eigenvalue weighted by Crippen LogP contribution is -2.55. The van der Waals surface area contributed by atoms with Crippen LogP contribution in [0.1, 0.15) is 24.5 Å². The van der Waals surface area contributed by atoms with E-state index in [1.807, 2.05) is 54.7 Å². The van der Waals surface area contributed by atoms with Gasteiger partial charge >= 0.3 is 5.24 Å². The summed E-state index contributed by atoms with van der Waals surface area (Å²) < 4.78 is 12.3. The number of piperidine rings is 3. The van der Waals surface area contributed by atoms with Crippen LogP contribution in [-0.4, -0.2) is 34.3 Å². The number of pyridine rings is 1. The second-order valence-corrected chi connectivity index (χ2v) is 8.70. The second-order valence-electron chi connectivity index (χ2n) is 8.37. The number of ether oxygens (including phenoxy) is 2. The van der Waals surface area contributed by atoms with Crippen molar-refractivity contribution in [2.45, 2.75) is 25.0 Å². The number of aromatic nitrogens is 1. The van der Waals surface area contributed by atoms with Gasteiger partial charge in [0.15, 0.2) is 0 Å². The molecule has 3 saturated heterocycles. The Bertz CT molecular complexity index is 1080. The molecule has 3 fully saturated rings. The number of hydrogen-bond acceptors (Lipinski definition) is 5. The molecule has 0 radical (unpaired) electrons. The number of fused-ring (bicyclic) bond motifs is 4. The van der Waals surface area contributed by atoms with Gasteiger partial charge in [-0.3, -0.25) is 9.88 Å². The summed E-state index contributed by atoms with van der Waals surface area (Å²) in [6, 6.07) is 20.1. The van der Waals surface area contributed by atoms with E-state index in [1.165, 1.54) is 6.42 Å². The van der Waals surface area contributed by atoms with Gasteiger partial charge in [-0.25, -0.2) is 0 Å². The van der Waals surface area contributed by atoms with Crippen LogP contribution in [0.3, 0.4) is 0 Å². The molecule has 4 nitrogen and oxygen atoms in total. The predicted octanol–water partition coefficient (Wildman–Crippen LogP) is 5.55. The van der Waals surface area contributed by atoms with Crippen LogP contribution in [0.25, 0.3) is 10.9 Å². The van der Waals surface area contributed by atoms with E-state index in [-0.39, 0.29) is 17.4 Å². The highest BCUT2D eigenvalue weighted by Crippen LogP contribution is 2.43. The average Bonchev–Trinajstić information content (AvgIpc) is 2.83. The summed E-state index contributed by atoms with van der Waals surface area (Å²) in [7, 11) is 0. The van der Waals surface area contributed by atoms with Crippen LogP contribution in [0.4, 0.5) is 0 Å². The molecule has 5 atom stereocenters. The first-order valence-corrected chi connectivity index (χ1v) is 11.3. The fraction of sp³-hybridized carbons (Fsp3) is 0.308. The zero-order valence-electron chi connectivity index (χ0n) is 17.4. The standard InChI is InChI=1S/C26H26N2O2S/c1-2-18-17-28-15-13-19(18)16-24(28)25(30-26(31)29-20-8-4-3-5-9-20)22-12-14-27-23-11-7-6-10-21(22)23/h2-12,14,18-19,24-25H,1,13,15-17H2/t18-,19-,24+,25-/m0/s1. The van der Waals surface area contributed by atoms with Gasteiger partial charge in [0.25, 0.3) is 0 Å². The highest BCUT2D eigenvalue weighted by atomic mass is 32.1. The SMILES string of the molecule is C=C[C@H]1CN2CC[C@H]1C[C@@H]2[C@@H](OC(=S)Oc1ccccc1)c1ccnc2ccccc12. The van der Waals surface area contributed by atoms with Gasteiger partial charge in [-0.1, -0.05) is 42.5 Å². The van der Waals surface area contributed by atoms with Crippen LogP contribution in [0, 0.1) is 11.8 Å². The van der Waals surface area contributed by atoms with Gasteiger partial charge in [0.2, 0.25) is 0 Å². The number of nitrogens with zero attached hydrogens (tertiary/aromatic N) is 2. The molecule has 0 amide bonds. The van der Waals surface area contributed by atoms with E-state index in [2.05, 4.69) is 34.7 Å². The molecule has 0 saturated carbocycles. The molecule has 1 unspecified atom stereocenters. The molecular weight excluding hydrogens is 404 g/mol. The molecular formula is C26H26N2O2S. The van der Waals surface area contributed by atoms with E-state index in [0.29, 0.717) is 17.6 Å². The largest absolute Gasteiger partial charge is 0.447 e. The van der Waals surface area contributed by atoms with E-state index in [1.54, 1.807) is 0 Å². The molecule has 5 heteroatoms. The molecule has 158 valence electrons. The minimum atomic E-state index is -0.224. The summed E-state index contributed by atoms with van der Waals surface area (Å²) in [5.41, 5.74) is 2.07. The molecule has 4 heterocycles. The molecule has 3 aliphatic heterocycles. The summed E-state index contributed by atoms with van der Waals surface area (Å²) in [4.78, 5) is 7.08. The van der Waals surface area contributed by atoms with Gasteiger partial charge in [-0.15, -0.1) is 6.58 Å². The van der Waals surface area contributed by atoms with Crippen molar-refractivity contribution in [2.24, 2.45) is 11.8 Å². The van der Waals surface area contributed by atoms with Crippen LogP contribution in [0.15, 0.2) is 79.5 Å². The Kier molecular flexibility index (Phi) is 5.70. The third kappa shape index (κ3) is 4.08. The monoisotopic (exact) mass is 430 g/mol. The van der Waals surface area contributed by atoms with E-state index in [9.17, 15) is 0 Å². The third-order valence-corrected chi connectivity index (χ3v) is 6.84. The van der Waals surface area contributed by atoms with Gasteiger partial charge in [0, 0.05) is 35.9 Å². The minimum Gasteiger partial charge on any atom is -0.447 e. The van der Waals surface area contributed by atoms with E-state index in [4.69, 9.17) is 21.7 Å². The average molecular weight is 431 g/mol. The summed E-state index contributed by atoms with van der Waals surface area (Å²) in [5.74, 6) is 1.87. The number of para-hydroxylation sites is 2. The Morgan fingerprint density at radius 2 is 1.94 bits per heavy atom. The van der Waals surface area contributed by atoms with Gasteiger partial charge in [-0.05, 0) is 55.5 Å². The number of hydrogen-bond donors (Lipinski definition) is 0. The smallest absolute Gasteiger partial charge is 0.358 e. The first-order valence-electron chi connectivity index (χ1n) is 10.9. The fourth-order valence-corrected chi connectivity index (χ4v) is 5.32. The summed E-state index contributed by atoms with van der Waals surface area (Å²) in [6.07, 6.45) is 6.03. The van der Waals surface area contributed by atoms with E-state index >= 15 is 0 Å². The van der Waals surface area contributed by atoms with Gasteiger partial charge in [0.05, 0.1) is 11.6 Å². The first-order chi connectivity index (χ1) is 15.2. The van der Waals surface area contributed by atoms with Crippen LogP contribution in [-0.2, 0) is 4.74 Å². The highest BCUT2D eigenvalue weighted by molar-refractivity contribution is 7.79. The zero-order chi connectivity index (χ0) is 21.2. The predicted molar refractivity (Wildman–Crippen MR) is 127 cm³/mol. The molecule has 2 bridgehead atoms. The van der Waals surface area contributed by atoms with Gasteiger partial charge in [-0.2, -0.15) is 0 Å². The summed E-state index contributed by atoms with van der Waals surface area (Å²) >= 11 is 5.54. The number of thiocarbonyl (C=S) groups is 1. The Morgan fingerprint density at radius 3 is 2.71 bits per heavy atom. The van der Waals surface area contributed by atoms with Crippen molar-refractivity contribution >= 4 is 28.4 Å². The topological polar surface area (TPSA) is 34.6 Å². The molecule has 6 rings (SSSR count). The van der Waals surface area contributed by atoms with Crippen molar-refractivity contribution in [3.63, 3.8) is 0 Å². The number of benzene rings is 2. The van der Waals surface area contributed by atoms with Crippen molar-refractivity contribution in [1.82, 2.24) is 9.88 Å². The lowest BCUT2D eigenvalue weighted by molar-refractivity contribution is -0.0435. The quantitative estimate of drug-likeness (QED) is 0.391. The van der Waals surface area contributed by atoms with Gasteiger partial charge < -0.3 is 9.47 Å². The van der Waals surface area contributed by atoms with E-state index in [0.717, 1.165) is 36.0 Å². The molecule has 0 aliphatic carbocycles. The maximum absolute atomic E-state index is 6.42. The highest BCUT2D eigenvalue weighted by Gasteiger charge is 2.44. The van der Waals surface area contributed by atoms with Crippen molar-refractivity contribution in [3.05, 3.63) is 85.1 Å². The van der Waals surface area contributed by atoms with Gasteiger partial charge in [0.1, 0.15) is 11.9 Å².